The van der Waals surface area contributed by atoms with Gasteiger partial charge in [-0.15, -0.1) is 11.3 Å². The fourth-order valence-electron chi connectivity index (χ4n) is 1.02. The predicted molar refractivity (Wildman–Crippen MR) is 64.8 cm³/mol. The highest BCUT2D eigenvalue weighted by atomic mass is 32.2. The molecule has 1 rings (SSSR count). The van der Waals surface area contributed by atoms with Gasteiger partial charge in [-0.25, -0.2) is 18.1 Å². The molecule has 0 amide bonds. The number of carbonyl (C=O) groups is 1. The van der Waals surface area contributed by atoms with Crippen molar-refractivity contribution in [2.75, 3.05) is 24.7 Å². The second-order valence-corrected chi connectivity index (χ2v) is 6.07. The lowest BCUT2D eigenvalue weighted by Gasteiger charge is -2.02. The molecule has 0 radical (unpaired) electrons. The Labute approximate surface area is 103 Å². The number of nitrogens with one attached hydrogen (secondary N) is 2. The van der Waals surface area contributed by atoms with Gasteiger partial charge in [0.1, 0.15) is 0 Å². The van der Waals surface area contributed by atoms with Gasteiger partial charge in [-0.3, -0.25) is 4.79 Å². The van der Waals surface area contributed by atoms with Crippen molar-refractivity contribution >= 4 is 32.5 Å². The molecular weight excluding hydrogens is 266 g/mol. The van der Waals surface area contributed by atoms with Gasteiger partial charge in [0.25, 0.3) is 0 Å². The van der Waals surface area contributed by atoms with Crippen LogP contribution in [0, 0.1) is 0 Å². The van der Waals surface area contributed by atoms with Gasteiger partial charge in [0.2, 0.25) is 10.0 Å². The Morgan fingerprint density at radius 1 is 1.59 bits per heavy atom. The number of hydrogen-bond acceptors (Lipinski definition) is 6. The van der Waals surface area contributed by atoms with Gasteiger partial charge in [-0.2, -0.15) is 0 Å². The van der Waals surface area contributed by atoms with Crippen molar-refractivity contribution < 1.29 is 18.3 Å². The van der Waals surface area contributed by atoms with E-state index >= 15 is 0 Å². The van der Waals surface area contributed by atoms with Crippen molar-refractivity contribution in [1.29, 1.82) is 0 Å². The molecular formula is C8H13N3O4S2. The Kier molecular flexibility index (Phi) is 4.85. The molecule has 0 fully saturated rings. The first-order valence-corrected chi connectivity index (χ1v) is 7.27. The van der Waals surface area contributed by atoms with Crippen LogP contribution in [0.2, 0.25) is 0 Å². The maximum absolute atomic E-state index is 11.1. The molecule has 1 aromatic heterocycles. The SMILES string of the molecule is CNS(=O)(=O)CCNc1nc(CC(=O)O)cs1. The number of aromatic nitrogens is 1. The monoisotopic (exact) mass is 279 g/mol. The van der Waals surface area contributed by atoms with Gasteiger partial charge in [0.05, 0.1) is 17.9 Å². The van der Waals surface area contributed by atoms with Gasteiger partial charge in [-0.1, -0.05) is 0 Å². The van der Waals surface area contributed by atoms with E-state index < -0.39 is 16.0 Å². The predicted octanol–water partition coefficient (Wildman–Crippen LogP) is -0.269. The Bertz CT molecular complexity index is 483. The van der Waals surface area contributed by atoms with Gasteiger partial charge in [0, 0.05) is 11.9 Å². The summed E-state index contributed by atoms with van der Waals surface area (Å²) in [5.41, 5.74) is 0.460. The molecule has 0 saturated heterocycles. The molecule has 0 bridgehead atoms. The first kappa shape index (κ1) is 13.9. The van der Waals surface area contributed by atoms with Crippen LogP contribution < -0.4 is 10.0 Å². The minimum atomic E-state index is -3.23. The van der Waals surface area contributed by atoms with Crippen LogP contribution in [0.5, 0.6) is 0 Å². The van der Waals surface area contributed by atoms with E-state index in [1.54, 1.807) is 5.38 Å². The maximum Gasteiger partial charge on any atom is 0.309 e. The lowest BCUT2D eigenvalue weighted by Crippen LogP contribution is -2.26. The van der Waals surface area contributed by atoms with Crippen LogP contribution in [0.25, 0.3) is 0 Å². The van der Waals surface area contributed by atoms with Gasteiger partial charge in [-0.05, 0) is 7.05 Å². The summed E-state index contributed by atoms with van der Waals surface area (Å²) < 4.78 is 24.4. The Hall–Kier alpha value is -1.19. The summed E-state index contributed by atoms with van der Waals surface area (Å²) in [6.45, 7) is 0.225. The van der Waals surface area contributed by atoms with E-state index in [1.165, 1.54) is 18.4 Å². The molecule has 1 heterocycles. The number of anilines is 1. The molecule has 7 nitrogen and oxygen atoms in total. The molecule has 0 aromatic carbocycles. The van der Waals surface area contributed by atoms with Crippen LogP contribution in [-0.4, -0.2) is 43.8 Å². The number of carboxylic acids is 1. The van der Waals surface area contributed by atoms with Gasteiger partial charge in [0.15, 0.2) is 5.13 Å². The molecule has 0 unspecified atom stereocenters. The maximum atomic E-state index is 11.1. The zero-order chi connectivity index (χ0) is 12.9. The third-order valence-electron chi connectivity index (χ3n) is 1.84. The molecule has 0 spiro atoms. The lowest BCUT2D eigenvalue weighted by molar-refractivity contribution is -0.136. The van der Waals surface area contributed by atoms with Crippen molar-refractivity contribution in [2.45, 2.75) is 6.42 Å². The van der Waals surface area contributed by atoms with Gasteiger partial charge < -0.3 is 10.4 Å². The van der Waals surface area contributed by atoms with Crippen LogP contribution in [0.1, 0.15) is 5.69 Å². The van der Waals surface area contributed by atoms with Crippen molar-refractivity contribution in [2.24, 2.45) is 0 Å². The Morgan fingerprint density at radius 3 is 2.88 bits per heavy atom. The van der Waals surface area contributed by atoms with Crippen LogP contribution in [0.15, 0.2) is 5.38 Å². The topological polar surface area (TPSA) is 108 Å². The molecule has 9 heteroatoms. The van der Waals surface area contributed by atoms with Crippen molar-refractivity contribution in [1.82, 2.24) is 9.71 Å². The third-order valence-corrected chi connectivity index (χ3v) is 4.05. The third kappa shape index (κ3) is 5.11. The molecule has 96 valence electrons. The molecule has 0 saturated carbocycles. The number of rotatable bonds is 7. The summed E-state index contributed by atoms with van der Waals surface area (Å²) in [5, 5.41) is 13.5. The van der Waals surface area contributed by atoms with E-state index in [1.807, 2.05) is 0 Å². The number of hydrogen-bond donors (Lipinski definition) is 3. The number of thiazole rings is 1. The molecule has 0 atom stereocenters. The minimum Gasteiger partial charge on any atom is -0.481 e. The second-order valence-electron chi connectivity index (χ2n) is 3.16. The summed E-state index contributed by atoms with van der Waals surface area (Å²) in [4.78, 5) is 14.4. The second kappa shape index (κ2) is 5.94. The van der Waals surface area contributed by atoms with Gasteiger partial charge >= 0.3 is 5.97 Å². The first-order valence-electron chi connectivity index (χ1n) is 4.74. The van der Waals surface area contributed by atoms with E-state index in [0.717, 1.165) is 0 Å². The molecule has 0 aliphatic heterocycles. The van der Waals surface area contributed by atoms with Crippen molar-refractivity contribution in [3.63, 3.8) is 0 Å². The molecule has 0 aliphatic rings. The van der Waals surface area contributed by atoms with Crippen molar-refractivity contribution in [3.05, 3.63) is 11.1 Å². The zero-order valence-corrected chi connectivity index (χ0v) is 10.8. The Balaban J connectivity index is 2.42. The average molecular weight is 279 g/mol. The Morgan fingerprint density at radius 2 is 2.29 bits per heavy atom. The summed E-state index contributed by atoms with van der Waals surface area (Å²) in [6.07, 6.45) is -0.132. The number of aliphatic carboxylic acids is 1. The van der Waals surface area contributed by atoms with E-state index in [4.69, 9.17) is 5.11 Å². The molecule has 1 aromatic rings. The van der Waals surface area contributed by atoms with E-state index in [-0.39, 0.29) is 18.7 Å². The fourth-order valence-corrected chi connectivity index (χ4v) is 2.33. The smallest absolute Gasteiger partial charge is 0.309 e. The van der Waals surface area contributed by atoms with Crippen LogP contribution in [-0.2, 0) is 21.2 Å². The zero-order valence-electron chi connectivity index (χ0n) is 9.13. The number of sulfonamides is 1. The van der Waals surface area contributed by atoms with E-state index in [9.17, 15) is 13.2 Å². The van der Waals surface area contributed by atoms with Crippen LogP contribution in [0.4, 0.5) is 5.13 Å². The summed E-state index contributed by atoms with van der Waals surface area (Å²) in [7, 11) is -1.88. The largest absolute Gasteiger partial charge is 0.481 e. The normalized spacial score (nSPS) is 11.4. The molecule has 0 aliphatic carbocycles. The van der Waals surface area contributed by atoms with Crippen LogP contribution >= 0.6 is 11.3 Å². The number of nitrogens with zero attached hydrogens (tertiary/aromatic N) is 1. The fraction of sp³-hybridized carbons (Fsp3) is 0.500. The summed E-state index contributed by atoms with van der Waals surface area (Å²) >= 11 is 1.25. The highest BCUT2D eigenvalue weighted by Crippen LogP contribution is 2.15. The standard InChI is InChI=1S/C8H13N3O4S2/c1-9-17(14,15)3-2-10-8-11-6(5-16-8)4-7(12)13/h5,9H,2-4H2,1H3,(H,10,11)(H,12,13). The van der Waals surface area contributed by atoms with E-state index in [0.29, 0.717) is 10.8 Å². The van der Waals surface area contributed by atoms with Crippen LogP contribution in [0.3, 0.4) is 0 Å². The summed E-state index contributed by atoms with van der Waals surface area (Å²) in [5.74, 6) is -1.00. The highest BCUT2D eigenvalue weighted by molar-refractivity contribution is 7.89. The summed E-state index contributed by atoms with van der Waals surface area (Å²) in [6, 6.07) is 0. The molecule has 17 heavy (non-hydrogen) atoms. The highest BCUT2D eigenvalue weighted by Gasteiger charge is 2.08. The quantitative estimate of drug-likeness (QED) is 0.634. The first-order chi connectivity index (χ1) is 7.93. The average Bonchev–Trinajstić information content (AvgIpc) is 2.64. The number of carboxylic acid groups (broad SMARTS) is 1. The molecule has 3 N–H and O–H groups in total. The van der Waals surface area contributed by atoms with E-state index in [2.05, 4.69) is 15.0 Å². The van der Waals surface area contributed by atoms with Crippen molar-refractivity contribution in [3.8, 4) is 0 Å². The lowest BCUT2D eigenvalue weighted by atomic mass is 10.3. The minimum absolute atomic E-state index is 0.0582.